The molecule has 0 spiro atoms. The van der Waals surface area contributed by atoms with Crippen molar-refractivity contribution in [3.63, 3.8) is 0 Å². The van der Waals surface area contributed by atoms with E-state index in [1.54, 1.807) is 18.6 Å². The second-order valence-electron chi connectivity index (χ2n) is 6.05. The van der Waals surface area contributed by atoms with Crippen LogP contribution in [0.15, 0.2) is 48.9 Å². The van der Waals surface area contributed by atoms with Crippen molar-refractivity contribution in [3.8, 4) is 0 Å². The van der Waals surface area contributed by atoms with Gasteiger partial charge in [0.25, 0.3) is 0 Å². The number of nitrogens with one attached hydrogen (secondary N) is 1. The second kappa shape index (κ2) is 7.33. The minimum absolute atomic E-state index is 0.00546. The molecule has 1 fully saturated rings. The van der Waals surface area contributed by atoms with Crippen LogP contribution in [0.2, 0.25) is 0 Å². The fourth-order valence-corrected chi connectivity index (χ4v) is 2.94. The van der Waals surface area contributed by atoms with E-state index in [0.29, 0.717) is 25.7 Å². The lowest BCUT2D eigenvalue weighted by Gasteiger charge is -2.37. The summed E-state index contributed by atoms with van der Waals surface area (Å²) in [4.78, 5) is 20.7. The van der Waals surface area contributed by atoms with E-state index < -0.39 is 0 Å². The van der Waals surface area contributed by atoms with Gasteiger partial charge in [-0.05, 0) is 48.9 Å². The zero-order chi connectivity index (χ0) is 16.1. The average molecular weight is 311 g/mol. The Morgan fingerprint density at radius 2 is 2.13 bits per heavy atom. The molecule has 0 unspecified atom stereocenters. The van der Waals surface area contributed by atoms with Gasteiger partial charge in [-0.25, -0.2) is 0 Å². The van der Waals surface area contributed by atoms with Crippen molar-refractivity contribution < 1.29 is 9.90 Å². The predicted octanol–water partition coefficient (Wildman–Crippen LogP) is 2.04. The Labute approximate surface area is 135 Å². The SMILES string of the molecule is O=C(CCc1cccnc1)N[C@H](c1ccccn1)C1CC(O)C1. The highest BCUT2D eigenvalue weighted by Crippen LogP contribution is 2.37. The van der Waals surface area contributed by atoms with Gasteiger partial charge in [0.05, 0.1) is 17.8 Å². The molecule has 0 saturated heterocycles. The van der Waals surface area contributed by atoms with E-state index in [-0.39, 0.29) is 24.0 Å². The van der Waals surface area contributed by atoms with Crippen LogP contribution in [0.3, 0.4) is 0 Å². The maximum atomic E-state index is 12.3. The summed E-state index contributed by atoms with van der Waals surface area (Å²) >= 11 is 0. The van der Waals surface area contributed by atoms with Crippen LogP contribution in [0.25, 0.3) is 0 Å². The molecule has 5 heteroatoms. The van der Waals surface area contributed by atoms with Gasteiger partial charge in [-0.1, -0.05) is 12.1 Å². The maximum absolute atomic E-state index is 12.3. The first kappa shape index (κ1) is 15.6. The van der Waals surface area contributed by atoms with E-state index in [4.69, 9.17) is 0 Å². The van der Waals surface area contributed by atoms with E-state index in [2.05, 4.69) is 15.3 Å². The van der Waals surface area contributed by atoms with Crippen LogP contribution in [0, 0.1) is 5.92 Å². The molecule has 1 aliphatic rings. The van der Waals surface area contributed by atoms with E-state index in [9.17, 15) is 9.90 Å². The first-order valence-electron chi connectivity index (χ1n) is 7.99. The molecular formula is C18H21N3O2. The molecular weight excluding hydrogens is 290 g/mol. The van der Waals surface area contributed by atoms with E-state index in [1.165, 1.54) is 0 Å². The van der Waals surface area contributed by atoms with Crippen LogP contribution >= 0.6 is 0 Å². The van der Waals surface area contributed by atoms with Crippen LogP contribution < -0.4 is 5.32 Å². The molecule has 3 rings (SSSR count). The molecule has 1 aliphatic carbocycles. The van der Waals surface area contributed by atoms with Crippen molar-refractivity contribution in [2.45, 2.75) is 37.8 Å². The number of aliphatic hydroxyl groups excluding tert-OH is 1. The summed E-state index contributed by atoms with van der Waals surface area (Å²) in [5.74, 6) is 0.258. The molecule has 0 aromatic carbocycles. The third-order valence-electron chi connectivity index (χ3n) is 4.31. The van der Waals surface area contributed by atoms with Gasteiger partial charge in [0.2, 0.25) is 5.91 Å². The molecule has 0 bridgehead atoms. The summed E-state index contributed by atoms with van der Waals surface area (Å²) < 4.78 is 0. The smallest absolute Gasteiger partial charge is 0.220 e. The standard InChI is InChI=1S/C18H21N3O2/c22-15-10-14(11-15)18(16-5-1-2-9-20-16)21-17(23)7-6-13-4-3-8-19-12-13/h1-5,8-9,12,14-15,18,22H,6-7,10-11H2,(H,21,23)/t14?,15?,18-/m0/s1. The number of hydrogen-bond donors (Lipinski definition) is 2. The number of rotatable bonds is 6. The number of amides is 1. The average Bonchev–Trinajstić information content (AvgIpc) is 2.57. The fourth-order valence-electron chi connectivity index (χ4n) is 2.94. The molecule has 2 N–H and O–H groups in total. The van der Waals surface area contributed by atoms with Gasteiger partial charge in [0.15, 0.2) is 0 Å². The molecule has 1 atom stereocenters. The first-order chi connectivity index (χ1) is 11.2. The summed E-state index contributed by atoms with van der Waals surface area (Å²) in [6.07, 6.45) is 7.51. The van der Waals surface area contributed by atoms with Crippen molar-refractivity contribution >= 4 is 5.91 Å². The van der Waals surface area contributed by atoms with Crippen molar-refractivity contribution in [3.05, 3.63) is 60.2 Å². The zero-order valence-electron chi connectivity index (χ0n) is 12.9. The van der Waals surface area contributed by atoms with Gasteiger partial charge in [0, 0.05) is 25.0 Å². The fraction of sp³-hybridized carbons (Fsp3) is 0.389. The van der Waals surface area contributed by atoms with Crippen molar-refractivity contribution in [2.24, 2.45) is 5.92 Å². The highest BCUT2D eigenvalue weighted by atomic mass is 16.3. The molecule has 0 radical (unpaired) electrons. The molecule has 2 aromatic heterocycles. The summed E-state index contributed by atoms with van der Waals surface area (Å²) in [6.45, 7) is 0. The number of nitrogens with zero attached hydrogens (tertiary/aromatic N) is 2. The highest BCUT2D eigenvalue weighted by Gasteiger charge is 2.36. The minimum Gasteiger partial charge on any atom is -0.393 e. The monoisotopic (exact) mass is 311 g/mol. The largest absolute Gasteiger partial charge is 0.393 e. The third-order valence-corrected chi connectivity index (χ3v) is 4.31. The minimum atomic E-state index is -0.251. The summed E-state index contributed by atoms with van der Waals surface area (Å²) in [7, 11) is 0. The maximum Gasteiger partial charge on any atom is 0.220 e. The molecule has 0 aliphatic heterocycles. The molecule has 1 saturated carbocycles. The van der Waals surface area contributed by atoms with E-state index >= 15 is 0 Å². The summed E-state index contributed by atoms with van der Waals surface area (Å²) in [5, 5.41) is 12.7. The Morgan fingerprint density at radius 3 is 2.78 bits per heavy atom. The lowest BCUT2D eigenvalue weighted by atomic mass is 9.76. The Bertz CT molecular complexity index is 627. The van der Waals surface area contributed by atoms with Crippen LogP contribution in [-0.2, 0) is 11.2 Å². The summed E-state index contributed by atoms with van der Waals surface area (Å²) in [6, 6.07) is 9.43. The van der Waals surface area contributed by atoms with Crippen molar-refractivity contribution in [1.29, 1.82) is 0 Å². The van der Waals surface area contributed by atoms with Gasteiger partial charge in [-0.3, -0.25) is 14.8 Å². The zero-order valence-corrected chi connectivity index (χ0v) is 12.9. The van der Waals surface area contributed by atoms with Crippen LogP contribution in [-0.4, -0.2) is 27.1 Å². The molecule has 120 valence electrons. The third kappa shape index (κ3) is 4.13. The second-order valence-corrected chi connectivity index (χ2v) is 6.05. The predicted molar refractivity (Wildman–Crippen MR) is 86.4 cm³/mol. The number of hydrogen-bond acceptors (Lipinski definition) is 4. The Balaban J connectivity index is 1.60. The number of pyridine rings is 2. The number of aromatic nitrogens is 2. The molecule has 2 heterocycles. The van der Waals surface area contributed by atoms with E-state index in [0.717, 1.165) is 11.3 Å². The Kier molecular flexibility index (Phi) is 4.98. The number of carbonyl (C=O) groups excluding carboxylic acids is 1. The van der Waals surface area contributed by atoms with E-state index in [1.807, 2.05) is 30.3 Å². The topological polar surface area (TPSA) is 75.1 Å². The van der Waals surface area contributed by atoms with Crippen molar-refractivity contribution in [1.82, 2.24) is 15.3 Å². The normalized spacial score (nSPS) is 21.3. The number of carbonyl (C=O) groups is 1. The number of aliphatic hydroxyl groups is 1. The number of aryl methyl sites for hydroxylation is 1. The molecule has 2 aromatic rings. The lowest BCUT2D eigenvalue weighted by molar-refractivity contribution is -0.123. The quantitative estimate of drug-likeness (QED) is 0.856. The van der Waals surface area contributed by atoms with Gasteiger partial charge < -0.3 is 10.4 Å². The first-order valence-corrected chi connectivity index (χ1v) is 7.99. The lowest BCUT2D eigenvalue weighted by Crippen LogP contribution is -2.41. The Morgan fingerprint density at radius 1 is 1.26 bits per heavy atom. The highest BCUT2D eigenvalue weighted by molar-refractivity contribution is 5.76. The van der Waals surface area contributed by atoms with Gasteiger partial charge >= 0.3 is 0 Å². The molecule has 1 amide bonds. The Hall–Kier alpha value is -2.27. The van der Waals surface area contributed by atoms with Crippen LogP contribution in [0.5, 0.6) is 0 Å². The van der Waals surface area contributed by atoms with Crippen molar-refractivity contribution in [2.75, 3.05) is 0 Å². The molecule has 23 heavy (non-hydrogen) atoms. The van der Waals surface area contributed by atoms with Crippen LogP contribution in [0.4, 0.5) is 0 Å². The summed E-state index contributed by atoms with van der Waals surface area (Å²) in [5.41, 5.74) is 1.91. The van der Waals surface area contributed by atoms with Gasteiger partial charge in [-0.2, -0.15) is 0 Å². The molecule has 5 nitrogen and oxygen atoms in total. The van der Waals surface area contributed by atoms with Crippen LogP contribution in [0.1, 0.15) is 36.6 Å². The van der Waals surface area contributed by atoms with Gasteiger partial charge in [0.1, 0.15) is 0 Å². The van der Waals surface area contributed by atoms with Gasteiger partial charge in [-0.15, -0.1) is 0 Å².